The van der Waals surface area contributed by atoms with Crippen molar-refractivity contribution in [1.82, 2.24) is 4.90 Å². The van der Waals surface area contributed by atoms with E-state index in [9.17, 15) is 14.7 Å². The van der Waals surface area contributed by atoms with Crippen LogP contribution in [0.5, 0.6) is 0 Å². The second-order valence-electron chi connectivity index (χ2n) is 5.05. The number of esters is 1. The molecular weight excluding hydrogens is 274 g/mol. The van der Waals surface area contributed by atoms with Crippen molar-refractivity contribution in [3.63, 3.8) is 0 Å². The fraction of sp³-hybridized carbons (Fsp3) is 0.467. The molecule has 1 aromatic rings. The molecule has 1 aromatic carbocycles. The zero-order valence-corrected chi connectivity index (χ0v) is 11.9. The predicted octanol–water partition coefficient (Wildman–Crippen LogP) is 1.18. The average molecular weight is 293 g/mol. The molecule has 2 atom stereocenters. The number of rotatable bonds is 3. The number of nitrogens with zero attached hydrogens (tertiary/aromatic N) is 1. The van der Waals surface area contributed by atoms with Crippen LogP contribution < -0.4 is 0 Å². The number of ether oxygens (including phenoxy) is 2. The monoisotopic (exact) mass is 293 g/mol. The summed E-state index contributed by atoms with van der Waals surface area (Å²) in [5.41, 5.74) is 0.882. The van der Waals surface area contributed by atoms with Gasteiger partial charge in [0, 0.05) is 13.1 Å². The zero-order chi connectivity index (χ0) is 15.2. The van der Waals surface area contributed by atoms with Crippen LogP contribution in [0.25, 0.3) is 0 Å². The molecule has 6 nitrogen and oxygen atoms in total. The number of piperidine rings is 1. The molecule has 0 spiro atoms. The summed E-state index contributed by atoms with van der Waals surface area (Å²) in [6.45, 7) is 0.535. The highest BCUT2D eigenvalue weighted by Gasteiger charge is 2.34. The third-order valence-corrected chi connectivity index (χ3v) is 3.43. The Bertz CT molecular complexity index is 490. The number of hydrogen-bond donors (Lipinski definition) is 1. The molecule has 2 rings (SSSR count). The van der Waals surface area contributed by atoms with E-state index < -0.39 is 24.1 Å². The molecule has 0 radical (unpaired) electrons. The molecule has 0 aromatic heterocycles. The molecule has 1 aliphatic rings. The topological polar surface area (TPSA) is 76.1 Å². The number of amides is 1. The van der Waals surface area contributed by atoms with Crippen LogP contribution in [0, 0.1) is 5.92 Å². The van der Waals surface area contributed by atoms with Gasteiger partial charge in [0.1, 0.15) is 6.61 Å². The first kappa shape index (κ1) is 15.3. The third kappa shape index (κ3) is 4.19. The van der Waals surface area contributed by atoms with Crippen LogP contribution in [0.15, 0.2) is 30.3 Å². The molecule has 0 unspecified atom stereocenters. The number of carbonyl (C=O) groups excluding carboxylic acids is 2. The largest absolute Gasteiger partial charge is 0.469 e. The normalized spacial score (nSPS) is 21.7. The molecule has 0 saturated carbocycles. The molecule has 1 fully saturated rings. The van der Waals surface area contributed by atoms with Gasteiger partial charge in [0.2, 0.25) is 0 Å². The lowest BCUT2D eigenvalue weighted by atomic mass is 9.96. The summed E-state index contributed by atoms with van der Waals surface area (Å²) in [4.78, 5) is 24.9. The number of hydrogen-bond acceptors (Lipinski definition) is 5. The molecule has 1 amide bonds. The SMILES string of the molecule is COC(=O)[C@H]1C[C@@H](O)CN(C(=O)OCc2ccccc2)C1. The summed E-state index contributed by atoms with van der Waals surface area (Å²) in [7, 11) is 1.29. The van der Waals surface area contributed by atoms with Crippen LogP contribution in [0.2, 0.25) is 0 Å². The first-order chi connectivity index (χ1) is 10.1. The van der Waals surface area contributed by atoms with E-state index in [1.807, 2.05) is 30.3 Å². The molecule has 1 heterocycles. The predicted molar refractivity (Wildman–Crippen MR) is 74.3 cm³/mol. The highest BCUT2D eigenvalue weighted by molar-refractivity contribution is 5.74. The Balaban J connectivity index is 1.90. The van der Waals surface area contributed by atoms with Crippen molar-refractivity contribution in [3.05, 3.63) is 35.9 Å². The van der Waals surface area contributed by atoms with E-state index in [2.05, 4.69) is 4.74 Å². The van der Waals surface area contributed by atoms with Crippen molar-refractivity contribution in [1.29, 1.82) is 0 Å². The summed E-state index contributed by atoms with van der Waals surface area (Å²) in [6, 6.07) is 9.32. The standard InChI is InChI=1S/C15H19NO5/c1-20-14(18)12-7-13(17)9-16(8-12)15(19)21-10-11-5-3-2-4-6-11/h2-6,12-13,17H,7-10H2,1H3/t12-,13+/m0/s1. The van der Waals surface area contributed by atoms with Gasteiger partial charge in [-0.1, -0.05) is 30.3 Å². The zero-order valence-electron chi connectivity index (χ0n) is 11.9. The van der Waals surface area contributed by atoms with Crippen molar-refractivity contribution in [2.75, 3.05) is 20.2 Å². The minimum atomic E-state index is -0.743. The molecule has 0 aliphatic carbocycles. The molecule has 0 bridgehead atoms. The van der Waals surface area contributed by atoms with E-state index in [-0.39, 0.29) is 19.7 Å². The number of benzene rings is 1. The highest BCUT2D eigenvalue weighted by Crippen LogP contribution is 2.19. The second-order valence-corrected chi connectivity index (χ2v) is 5.05. The van der Waals surface area contributed by atoms with Crippen LogP contribution in [0.3, 0.4) is 0 Å². The molecule has 114 valence electrons. The van der Waals surface area contributed by atoms with Crippen LogP contribution in [0.1, 0.15) is 12.0 Å². The highest BCUT2D eigenvalue weighted by atomic mass is 16.6. The second kappa shape index (κ2) is 7.08. The van der Waals surface area contributed by atoms with E-state index >= 15 is 0 Å². The minimum absolute atomic E-state index is 0.162. The van der Waals surface area contributed by atoms with Gasteiger partial charge in [-0.25, -0.2) is 4.79 Å². The summed E-state index contributed by atoms with van der Waals surface area (Å²) < 4.78 is 9.87. The Morgan fingerprint density at radius 1 is 1.29 bits per heavy atom. The van der Waals surface area contributed by atoms with Crippen molar-refractivity contribution < 1.29 is 24.2 Å². The van der Waals surface area contributed by atoms with Gasteiger partial charge >= 0.3 is 12.1 Å². The first-order valence-electron chi connectivity index (χ1n) is 6.81. The Kier molecular flexibility index (Phi) is 5.16. The van der Waals surface area contributed by atoms with Gasteiger partial charge in [0.05, 0.1) is 19.1 Å². The van der Waals surface area contributed by atoms with Crippen LogP contribution in [0.4, 0.5) is 4.79 Å². The molecule has 1 aliphatic heterocycles. The lowest BCUT2D eigenvalue weighted by Crippen LogP contribution is -2.48. The molecule has 1 saturated heterocycles. The van der Waals surface area contributed by atoms with E-state index in [1.54, 1.807) is 0 Å². The average Bonchev–Trinajstić information content (AvgIpc) is 2.52. The molecule has 21 heavy (non-hydrogen) atoms. The Labute approximate surface area is 123 Å². The number of carbonyl (C=O) groups is 2. The number of aliphatic hydroxyl groups is 1. The first-order valence-corrected chi connectivity index (χ1v) is 6.81. The van der Waals surface area contributed by atoms with E-state index in [4.69, 9.17) is 4.74 Å². The van der Waals surface area contributed by atoms with Crippen LogP contribution in [-0.4, -0.2) is 48.4 Å². The van der Waals surface area contributed by atoms with Crippen molar-refractivity contribution in [3.8, 4) is 0 Å². The summed E-state index contributed by atoms with van der Waals surface area (Å²) >= 11 is 0. The Hall–Kier alpha value is -2.08. The smallest absolute Gasteiger partial charge is 0.410 e. The van der Waals surface area contributed by atoms with Gasteiger partial charge in [0.25, 0.3) is 0 Å². The maximum absolute atomic E-state index is 12.0. The maximum atomic E-state index is 12.0. The minimum Gasteiger partial charge on any atom is -0.469 e. The number of aliphatic hydroxyl groups excluding tert-OH is 1. The van der Waals surface area contributed by atoms with Crippen molar-refractivity contribution in [2.45, 2.75) is 19.1 Å². The lowest BCUT2D eigenvalue weighted by Gasteiger charge is -2.33. The van der Waals surface area contributed by atoms with Gasteiger partial charge in [-0.05, 0) is 12.0 Å². The molecule has 1 N–H and O–H groups in total. The van der Waals surface area contributed by atoms with Crippen molar-refractivity contribution in [2.24, 2.45) is 5.92 Å². The molecule has 6 heteroatoms. The van der Waals surface area contributed by atoms with Gasteiger partial charge in [-0.3, -0.25) is 4.79 Å². The van der Waals surface area contributed by atoms with Gasteiger partial charge in [0.15, 0.2) is 0 Å². The number of β-amino-alcohol motifs (C(OH)–C–C–N with tert-alkyl or cyclic N) is 1. The van der Waals surface area contributed by atoms with E-state index in [0.29, 0.717) is 6.42 Å². The fourth-order valence-corrected chi connectivity index (χ4v) is 2.37. The lowest BCUT2D eigenvalue weighted by molar-refractivity contribution is -0.148. The summed E-state index contributed by atoms with van der Waals surface area (Å²) in [5.74, 6) is -0.933. The van der Waals surface area contributed by atoms with Gasteiger partial charge in [-0.2, -0.15) is 0 Å². The summed E-state index contributed by atoms with van der Waals surface area (Å²) in [6.07, 6.45) is -0.978. The van der Waals surface area contributed by atoms with Crippen LogP contribution in [-0.2, 0) is 20.9 Å². The van der Waals surface area contributed by atoms with Crippen molar-refractivity contribution >= 4 is 12.1 Å². The van der Waals surface area contributed by atoms with E-state index in [1.165, 1.54) is 12.0 Å². The Morgan fingerprint density at radius 3 is 2.67 bits per heavy atom. The third-order valence-electron chi connectivity index (χ3n) is 3.43. The van der Waals surface area contributed by atoms with Gasteiger partial charge < -0.3 is 19.5 Å². The number of methoxy groups -OCH3 is 1. The van der Waals surface area contributed by atoms with E-state index in [0.717, 1.165) is 5.56 Å². The maximum Gasteiger partial charge on any atom is 0.410 e. The van der Waals surface area contributed by atoms with Gasteiger partial charge in [-0.15, -0.1) is 0 Å². The Morgan fingerprint density at radius 2 is 2.00 bits per heavy atom. The molecular formula is C15H19NO5. The number of likely N-dealkylation sites (tertiary alicyclic amines) is 1. The fourth-order valence-electron chi connectivity index (χ4n) is 2.37. The summed E-state index contributed by atoms with van der Waals surface area (Å²) in [5, 5.41) is 9.77. The van der Waals surface area contributed by atoms with Crippen LogP contribution >= 0.6 is 0 Å². The quantitative estimate of drug-likeness (QED) is 0.847.